The molecule has 1 unspecified atom stereocenters. The number of carbonyl (C=O) groups excluding carboxylic acids is 1. The monoisotopic (exact) mass is 384 g/mol. The van der Waals surface area contributed by atoms with Crippen LogP contribution in [0.2, 0.25) is 0 Å². The summed E-state index contributed by atoms with van der Waals surface area (Å²) >= 11 is 0. The standard InChI is InChI=1S/C23H29FN2O2/c1-23(2,3)25-22(27)28-13-12-26-16-19-7-5-4-6-18(19)15-21(26)14-17-8-10-20(24)11-9-17/h4-11,21H,12-16H2,1-3H3,(H,25,27). The number of fused-ring (bicyclic) bond motifs is 1. The van der Waals surface area contributed by atoms with Gasteiger partial charge < -0.3 is 10.1 Å². The fourth-order valence-corrected chi connectivity index (χ4v) is 3.60. The third-order valence-corrected chi connectivity index (χ3v) is 4.94. The van der Waals surface area contributed by atoms with Crippen LogP contribution in [0.25, 0.3) is 0 Å². The van der Waals surface area contributed by atoms with E-state index in [0.29, 0.717) is 13.2 Å². The Bertz CT molecular complexity index is 799. The molecule has 2 aromatic carbocycles. The molecule has 0 saturated heterocycles. The molecule has 0 saturated carbocycles. The Morgan fingerprint density at radius 3 is 2.50 bits per heavy atom. The first-order chi connectivity index (χ1) is 13.3. The highest BCUT2D eigenvalue weighted by Gasteiger charge is 2.26. The molecular formula is C23H29FN2O2. The van der Waals surface area contributed by atoms with Crippen molar-refractivity contribution in [2.75, 3.05) is 13.2 Å². The molecule has 1 N–H and O–H groups in total. The maximum Gasteiger partial charge on any atom is 0.407 e. The van der Waals surface area contributed by atoms with Gasteiger partial charge >= 0.3 is 6.09 Å². The molecule has 0 radical (unpaired) electrons. The van der Waals surface area contributed by atoms with E-state index in [1.54, 1.807) is 0 Å². The number of hydrogen-bond acceptors (Lipinski definition) is 3. The van der Waals surface area contributed by atoms with Crippen molar-refractivity contribution >= 4 is 6.09 Å². The van der Waals surface area contributed by atoms with Crippen LogP contribution in [0.15, 0.2) is 48.5 Å². The lowest BCUT2D eigenvalue weighted by Gasteiger charge is -2.37. The third kappa shape index (κ3) is 5.80. The van der Waals surface area contributed by atoms with E-state index in [2.05, 4.69) is 34.5 Å². The van der Waals surface area contributed by atoms with Gasteiger partial charge in [-0.05, 0) is 62.4 Å². The SMILES string of the molecule is CC(C)(C)NC(=O)OCCN1Cc2ccccc2CC1Cc1ccc(F)cc1. The Morgan fingerprint density at radius 2 is 1.82 bits per heavy atom. The number of rotatable bonds is 5. The van der Waals surface area contributed by atoms with E-state index in [4.69, 9.17) is 4.74 Å². The Kier molecular flexibility index (Phi) is 6.35. The van der Waals surface area contributed by atoms with Crippen molar-refractivity contribution in [1.82, 2.24) is 10.2 Å². The van der Waals surface area contributed by atoms with Crippen molar-refractivity contribution in [2.24, 2.45) is 0 Å². The van der Waals surface area contributed by atoms with E-state index in [0.717, 1.165) is 24.9 Å². The van der Waals surface area contributed by atoms with Gasteiger partial charge in [-0.2, -0.15) is 0 Å². The van der Waals surface area contributed by atoms with Gasteiger partial charge in [0.2, 0.25) is 0 Å². The van der Waals surface area contributed by atoms with Crippen LogP contribution in [0.4, 0.5) is 9.18 Å². The predicted octanol–water partition coefficient (Wildman–Crippen LogP) is 4.32. The fourth-order valence-electron chi connectivity index (χ4n) is 3.60. The van der Waals surface area contributed by atoms with Crippen molar-refractivity contribution in [1.29, 1.82) is 0 Å². The normalized spacial score (nSPS) is 17.1. The Balaban J connectivity index is 1.65. The molecule has 1 heterocycles. The second-order valence-corrected chi connectivity index (χ2v) is 8.44. The van der Waals surface area contributed by atoms with Gasteiger partial charge in [0.25, 0.3) is 0 Å². The number of amides is 1. The molecule has 0 fully saturated rings. The number of nitrogens with one attached hydrogen (secondary N) is 1. The first-order valence-corrected chi connectivity index (χ1v) is 9.80. The van der Waals surface area contributed by atoms with Crippen molar-refractivity contribution in [3.63, 3.8) is 0 Å². The number of ether oxygens (including phenoxy) is 1. The molecule has 1 amide bonds. The van der Waals surface area contributed by atoms with E-state index >= 15 is 0 Å². The number of alkyl carbamates (subject to hydrolysis) is 1. The Morgan fingerprint density at radius 1 is 1.14 bits per heavy atom. The third-order valence-electron chi connectivity index (χ3n) is 4.94. The highest BCUT2D eigenvalue weighted by Crippen LogP contribution is 2.25. The molecule has 1 aliphatic rings. The molecule has 150 valence electrons. The summed E-state index contributed by atoms with van der Waals surface area (Å²) in [5, 5.41) is 2.81. The highest BCUT2D eigenvalue weighted by molar-refractivity contribution is 5.68. The van der Waals surface area contributed by atoms with Crippen molar-refractivity contribution in [3.05, 3.63) is 71.0 Å². The van der Waals surface area contributed by atoms with E-state index in [-0.39, 0.29) is 23.5 Å². The van der Waals surface area contributed by atoms with Crippen LogP contribution in [0, 0.1) is 5.82 Å². The molecule has 1 aliphatic heterocycles. The fraction of sp³-hybridized carbons (Fsp3) is 0.435. The first kappa shape index (κ1) is 20.3. The van der Waals surface area contributed by atoms with Gasteiger partial charge in [0.1, 0.15) is 12.4 Å². The number of benzene rings is 2. The van der Waals surface area contributed by atoms with Crippen LogP contribution in [0.5, 0.6) is 0 Å². The lowest BCUT2D eigenvalue weighted by Crippen LogP contribution is -2.45. The van der Waals surface area contributed by atoms with Crippen LogP contribution in [0.3, 0.4) is 0 Å². The minimum Gasteiger partial charge on any atom is -0.448 e. The summed E-state index contributed by atoms with van der Waals surface area (Å²) in [6, 6.07) is 15.5. The van der Waals surface area contributed by atoms with Crippen LogP contribution < -0.4 is 5.32 Å². The van der Waals surface area contributed by atoms with Gasteiger partial charge in [-0.25, -0.2) is 9.18 Å². The van der Waals surface area contributed by atoms with Crippen molar-refractivity contribution in [2.45, 2.75) is 51.7 Å². The van der Waals surface area contributed by atoms with Gasteiger partial charge in [-0.15, -0.1) is 0 Å². The average molecular weight is 384 g/mol. The summed E-state index contributed by atoms with van der Waals surface area (Å²) in [6.07, 6.45) is 1.38. The first-order valence-electron chi connectivity index (χ1n) is 9.80. The van der Waals surface area contributed by atoms with Crippen LogP contribution in [-0.2, 0) is 24.1 Å². The number of hydrogen-bond donors (Lipinski definition) is 1. The molecule has 3 rings (SSSR count). The zero-order valence-electron chi connectivity index (χ0n) is 16.9. The highest BCUT2D eigenvalue weighted by atomic mass is 19.1. The maximum atomic E-state index is 13.2. The summed E-state index contributed by atoms with van der Waals surface area (Å²) in [5.41, 5.74) is 3.48. The summed E-state index contributed by atoms with van der Waals surface area (Å²) in [6.45, 7) is 7.60. The summed E-state index contributed by atoms with van der Waals surface area (Å²) in [4.78, 5) is 14.3. The van der Waals surface area contributed by atoms with Crippen molar-refractivity contribution in [3.8, 4) is 0 Å². The Labute approximate surface area is 166 Å². The summed E-state index contributed by atoms with van der Waals surface area (Å²) in [7, 11) is 0. The smallest absolute Gasteiger partial charge is 0.407 e. The van der Waals surface area contributed by atoms with Crippen LogP contribution in [0.1, 0.15) is 37.5 Å². The van der Waals surface area contributed by atoms with Crippen LogP contribution in [-0.4, -0.2) is 35.7 Å². The number of halogens is 1. The lowest BCUT2D eigenvalue weighted by molar-refractivity contribution is 0.0978. The topological polar surface area (TPSA) is 41.6 Å². The Hall–Kier alpha value is -2.40. The quantitative estimate of drug-likeness (QED) is 0.835. The molecular weight excluding hydrogens is 355 g/mol. The maximum absolute atomic E-state index is 13.2. The van der Waals surface area contributed by atoms with Gasteiger partial charge in [0.05, 0.1) is 0 Å². The van der Waals surface area contributed by atoms with Gasteiger partial charge in [-0.3, -0.25) is 4.90 Å². The molecule has 4 nitrogen and oxygen atoms in total. The number of nitrogens with zero attached hydrogens (tertiary/aromatic N) is 1. The minimum atomic E-state index is -0.389. The van der Waals surface area contributed by atoms with Gasteiger partial charge in [0.15, 0.2) is 0 Å². The second kappa shape index (κ2) is 8.74. The van der Waals surface area contributed by atoms with E-state index in [1.807, 2.05) is 32.9 Å². The molecule has 0 spiro atoms. The lowest BCUT2D eigenvalue weighted by atomic mass is 9.90. The number of carbonyl (C=O) groups is 1. The van der Waals surface area contributed by atoms with E-state index in [9.17, 15) is 9.18 Å². The van der Waals surface area contributed by atoms with Gasteiger partial charge in [-0.1, -0.05) is 36.4 Å². The molecule has 0 aliphatic carbocycles. The molecule has 28 heavy (non-hydrogen) atoms. The van der Waals surface area contributed by atoms with Gasteiger partial charge in [0, 0.05) is 24.7 Å². The van der Waals surface area contributed by atoms with Crippen LogP contribution >= 0.6 is 0 Å². The molecule has 0 bridgehead atoms. The van der Waals surface area contributed by atoms with E-state index < -0.39 is 0 Å². The average Bonchev–Trinajstić information content (AvgIpc) is 2.62. The molecule has 0 aromatic heterocycles. The molecule has 5 heteroatoms. The molecule has 2 aromatic rings. The predicted molar refractivity (Wildman–Crippen MR) is 109 cm³/mol. The van der Waals surface area contributed by atoms with Crippen molar-refractivity contribution < 1.29 is 13.9 Å². The second-order valence-electron chi connectivity index (χ2n) is 8.44. The summed E-state index contributed by atoms with van der Waals surface area (Å²) < 4.78 is 18.6. The minimum absolute atomic E-state index is 0.215. The largest absolute Gasteiger partial charge is 0.448 e. The zero-order valence-corrected chi connectivity index (χ0v) is 16.9. The zero-order chi connectivity index (χ0) is 20.1. The summed E-state index contributed by atoms with van der Waals surface area (Å²) in [5.74, 6) is -0.215. The molecule has 1 atom stereocenters. The van der Waals surface area contributed by atoms with E-state index in [1.165, 1.54) is 23.3 Å².